The van der Waals surface area contributed by atoms with Crippen LogP contribution in [-0.2, 0) is 0 Å². The summed E-state index contributed by atoms with van der Waals surface area (Å²) in [7, 11) is 0. The molecule has 6 heteroatoms. The number of hydrogen-bond donors (Lipinski definition) is 4. The number of nitrogen functional groups attached to an aromatic ring is 4. The molecule has 0 heterocycles. The molecule has 28 heavy (non-hydrogen) atoms. The maximum Gasteiger partial charge on any atom is 0.165 e. The Labute approximate surface area is 165 Å². The Hall–Kier alpha value is -2.76. The summed E-state index contributed by atoms with van der Waals surface area (Å²) in [5.41, 5.74) is 26.5. The van der Waals surface area contributed by atoms with Gasteiger partial charge in [-0.25, -0.2) is 0 Å². The second-order valence-corrected chi connectivity index (χ2v) is 9.06. The third-order valence-electron chi connectivity index (χ3n) is 6.74. The van der Waals surface area contributed by atoms with Crippen molar-refractivity contribution in [1.82, 2.24) is 0 Å². The van der Waals surface area contributed by atoms with Crippen LogP contribution < -0.4 is 32.4 Å². The van der Waals surface area contributed by atoms with Gasteiger partial charge in [-0.3, -0.25) is 0 Å². The molecule has 0 amide bonds. The smallest absolute Gasteiger partial charge is 0.165 e. The lowest BCUT2D eigenvalue weighted by Gasteiger charge is -2.60. The first-order valence-corrected chi connectivity index (χ1v) is 10.0. The van der Waals surface area contributed by atoms with Gasteiger partial charge in [-0.15, -0.1) is 0 Å². The summed E-state index contributed by atoms with van der Waals surface area (Å²) in [6.07, 6.45) is 6.10. The van der Waals surface area contributed by atoms with Crippen LogP contribution >= 0.6 is 0 Å². The van der Waals surface area contributed by atoms with Crippen LogP contribution in [0.4, 0.5) is 22.7 Å². The van der Waals surface area contributed by atoms with Gasteiger partial charge in [0.2, 0.25) is 0 Å². The Balaban J connectivity index is 1.49. The monoisotopic (exact) mass is 380 g/mol. The summed E-state index contributed by atoms with van der Waals surface area (Å²) < 4.78 is 13.2. The molecule has 0 aromatic heterocycles. The predicted molar refractivity (Wildman–Crippen MR) is 112 cm³/mol. The highest BCUT2D eigenvalue weighted by molar-refractivity contribution is 5.68. The van der Waals surface area contributed by atoms with E-state index in [9.17, 15) is 0 Å². The zero-order chi connectivity index (χ0) is 19.5. The van der Waals surface area contributed by atoms with Crippen LogP contribution in [0.5, 0.6) is 11.5 Å². The molecule has 6 nitrogen and oxygen atoms in total. The maximum absolute atomic E-state index is 6.61. The van der Waals surface area contributed by atoms with Crippen LogP contribution in [0.2, 0.25) is 0 Å². The Morgan fingerprint density at radius 3 is 1.36 bits per heavy atom. The van der Waals surface area contributed by atoms with Crippen LogP contribution in [0, 0.1) is 11.8 Å². The molecule has 0 aliphatic heterocycles. The standard InChI is InChI=1S/C22H28N4O2/c23-15-3-1-4-16(24)19(15)27-21-8-13-7-14(9-21)11-22(10-13,12-21)28-20-17(25)5-2-6-18(20)26/h1-6,13-14H,7-12,23-26H2. The molecule has 0 atom stereocenters. The van der Waals surface area contributed by atoms with Gasteiger partial charge < -0.3 is 32.4 Å². The van der Waals surface area contributed by atoms with E-state index in [0.717, 1.165) is 32.1 Å². The largest absolute Gasteiger partial charge is 0.483 e. The SMILES string of the molecule is Nc1cccc(N)c1OC12CC3CC(C1)CC(Oc1c(N)cccc1N)(C3)C2. The first-order valence-electron chi connectivity index (χ1n) is 10.0. The van der Waals surface area contributed by atoms with Crippen LogP contribution in [0.25, 0.3) is 0 Å². The van der Waals surface area contributed by atoms with E-state index in [2.05, 4.69) is 0 Å². The third-order valence-corrected chi connectivity index (χ3v) is 6.74. The van der Waals surface area contributed by atoms with Crippen molar-refractivity contribution < 1.29 is 9.47 Å². The van der Waals surface area contributed by atoms with Crippen molar-refractivity contribution in [3.8, 4) is 11.5 Å². The Bertz CT molecular complexity index is 803. The molecule has 148 valence electrons. The highest BCUT2D eigenvalue weighted by Gasteiger charge is 2.61. The van der Waals surface area contributed by atoms with Crippen molar-refractivity contribution in [2.24, 2.45) is 11.8 Å². The molecular weight excluding hydrogens is 352 g/mol. The van der Waals surface area contributed by atoms with Crippen molar-refractivity contribution >= 4 is 22.7 Å². The number of hydrogen-bond acceptors (Lipinski definition) is 6. The summed E-state index contributed by atoms with van der Waals surface area (Å²) in [5.74, 6) is 2.36. The molecule has 4 bridgehead atoms. The molecule has 4 saturated carbocycles. The van der Waals surface area contributed by atoms with Gasteiger partial charge in [0.05, 0.1) is 22.7 Å². The van der Waals surface area contributed by atoms with Crippen LogP contribution in [0.1, 0.15) is 38.5 Å². The number of para-hydroxylation sites is 2. The second kappa shape index (κ2) is 5.87. The van der Waals surface area contributed by atoms with E-state index < -0.39 is 0 Å². The van der Waals surface area contributed by atoms with E-state index in [1.165, 1.54) is 6.42 Å². The molecule has 8 N–H and O–H groups in total. The van der Waals surface area contributed by atoms with Crippen LogP contribution in [-0.4, -0.2) is 11.2 Å². The minimum atomic E-state index is -0.300. The van der Waals surface area contributed by atoms with Crippen molar-refractivity contribution in [1.29, 1.82) is 0 Å². The Morgan fingerprint density at radius 2 is 1.00 bits per heavy atom. The van der Waals surface area contributed by atoms with Gasteiger partial charge >= 0.3 is 0 Å². The number of anilines is 4. The number of nitrogens with two attached hydrogens (primary N) is 4. The van der Waals surface area contributed by atoms with Gasteiger partial charge in [0.1, 0.15) is 11.2 Å². The number of ether oxygens (including phenoxy) is 2. The van der Waals surface area contributed by atoms with Gasteiger partial charge in [0, 0.05) is 6.42 Å². The molecule has 4 fully saturated rings. The maximum atomic E-state index is 6.61. The highest BCUT2D eigenvalue weighted by Crippen LogP contribution is 2.61. The van der Waals surface area contributed by atoms with Gasteiger partial charge in [-0.05, 0) is 68.2 Å². The molecule has 2 aromatic carbocycles. The van der Waals surface area contributed by atoms with Crippen LogP contribution in [0.3, 0.4) is 0 Å². The summed E-state index contributed by atoms with van der Waals surface area (Å²) in [6.45, 7) is 0. The third kappa shape index (κ3) is 2.70. The molecule has 0 radical (unpaired) electrons. The summed E-state index contributed by atoms with van der Waals surface area (Å²) in [4.78, 5) is 0. The minimum absolute atomic E-state index is 0.300. The van der Waals surface area contributed by atoms with E-state index in [0.29, 0.717) is 46.1 Å². The highest BCUT2D eigenvalue weighted by atomic mass is 16.5. The fraction of sp³-hybridized carbons (Fsp3) is 0.455. The zero-order valence-corrected chi connectivity index (χ0v) is 16.0. The molecule has 4 aliphatic carbocycles. The molecule has 4 aliphatic rings. The van der Waals surface area contributed by atoms with Gasteiger partial charge in [0.25, 0.3) is 0 Å². The van der Waals surface area contributed by atoms with Crippen molar-refractivity contribution in [2.75, 3.05) is 22.9 Å². The van der Waals surface area contributed by atoms with E-state index in [1.54, 1.807) is 0 Å². The fourth-order valence-corrected chi connectivity index (χ4v) is 6.15. The second-order valence-electron chi connectivity index (χ2n) is 9.06. The van der Waals surface area contributed by atoms with E-state index >= 15 is 0 Å². The fourth-order valence-electron chi connectivity index (χ4n) is 6.15. The molecule has 0 saturated heterocycles. The Kier molecular flexibility index (Phi) is 3.63. The number of rotatable bonds is 4. The van der Waals surface area contributed by atoms with Gasteiger partial charge in [-0.2, -0.15) is 0 Å². The average Bonchev–Trinajstić information content (AvgIpc) is 2.61. The number of benzene rings is 2. The Morgan fingerprint density at radius 1 is 0.643 bits per heavy atom. The quantitative estimate of drug-likeness (QED) is 0.602. The molecule has 6 rings (SSSR count). The minimum Gasteiger partial charge on any atom is -0.483 e. The first-order chi connectivity index (χ1) is 13.4. The summed E-state index contributed by atoms with van der Waals surface area (Å²) in [5, 5.41) is 0. The molecule has 0 spiro atoms. The average molecular weight is 380 g/mol. The zero-order valence-electron chi connectivity index (χ0n) is 16.0. The van der Waals surface area contributed by atoms with Crippen molar-refractivity contribution in [2.45, 2.75) is 49.7 Å². The lowest BCUT2D eigenvalue weighted by atomic mass is 9.52. The topological polar surface area (TPSA) is 123 Å². The molecular formula is C22H28N4O2. The lowest BCUT2D eigenvalue weighted by molar-refractivity contribution is -0.176. The van der Waals surface area contributed by atoms with Crippen LogP contribution in [0.15, 0.2) is 36.4 Å². The molecule has 0 unspecified atom stereocenters. The van der Waals surface area contributed by atoms with Crippen molar-refractivity contribution in [3.05, 3.63) is 36.4 Å². The summed E-state index contributed by atoms with van der Waals surface area (Å²) >= 11 is 0. The van der Waals surface area contributed by atoms with E-state index in [4.69, 9.17) is 32.4 Å². The normalized spacial score (nSPS) is 33.0. The van der Waals surface area contributed by atoms with Gasteiger partial charge in [-0.1, -0.05) is 12.1 Å². The molecule has 2 aromatic rings. The van der Waals surface area contributed by atoms with E-state index in [1.807, 2.05) is 36.4 Å². The van der Waals surface area contributed by atoms with Gasteiger partial charge in [0.15, 0.2) is 11.5 Å². The van der Waals surface area contributed by atoms with Crippen molar-refractivity contribution in [3.63, 3.8) is 0 Å². The first kappa shape index (κ1) is 17.3. The van der Waals surface area contributed by atoms with E-state index in [-0.39, 0.29) is 11.2 Å². The predicted octanol–water partition coefficient (Wildman–Crippen LogP) is 3.56. The summed E-state index contributed by atoms with van der Waals surface area (Å²) in [6, 6.07) is 11.0. The lowest BCUT2D eigenvalue weighted by Crippen LogP contribution is -2.63.